The Bertz CT molecular complexity index is 655. The van der Waals surface area contributed by atoms with E-state index < -0.39 is 22.4 Å². The van der Waals surface area contributed by atoms with Gasteiger partial charge in [-0.3, -0.25) is 4.79 Å². The Kier molecular flexibility index (Phi) is 1.87. The average molecular weight is 225 g/mol. The molecule has 0 saturated heterocycles. The van der Waals surface area contributed by atoms with E-state index in [1.165, 1.54) is 0 Å². The Balaban J connectivity index is 2.89. The van der Waals surface area contributed by atoms with Crippen LogP contribution in [0.25, 0.3) is 11.2 Å². The van der Waals surface area contributed by atoms with E-state index in [1.807, 2.05) is 0 Å². The lowest BCUT2D eigenvalue weighted by molar-refractivity contribution is -0.393. The third-order valence-electron chi connectivity index (χ3n) is 1.77. The number of aromatic nitrogens is 4. The second kappa shape index (κ2) is 3.08. The molecule has 0 saturated carbocycles. The predicted molar refractivity (Wildman–Crippen MR) is 50.4 cm³/mol. The molecule has 0 aliphatic heterocycles. The minimum Gasteiger partial charge on any atom is -0.390 e. The second-order valence-corrected chi connectivity index (χ2v) is 2.68. The van der Waals surface area contributed by atoms with E-state index in [-0.39, 0.29) is 15.8 Å². The number of nitro groups is 1. The Labute approximate surface area is 85.0 Å². The molecule has 0 aliphatic rings. The van der Waals surface area contributed by atoms with Crippen molar-refractivity contribution < 1.29 is 4.92 Å². The number of nitroso groups, excluding NO2 is 1. The molecule has 0 aromatic carbocycles. The summed E-state index contributed by atoms with van der Waals surface area (Å²) in [6.45, 7) is 0. The molecule has 2 heterocycles. The molecule has 0 atom stereocenters. The summed E-state index contributed by atoms with van der Waals surface area (Å²) in [6, 6.07) is 0. The smallest absolute Gasteiger partial charge is 0.390 e. The minimum atomic E-state index is -0.946. The molecule has 0 unspecified atom stereocenters. The minimum absolute atomic E-state index is 0.242. The van der Waals surface area contributed by atoms with Crippen LogP contribution in [-0.4, -0.2) is 24.6 Å². The standard InChI is InChI=1S/C5H3N7O4/c6-4-8-2-1(3(13)11(4)10-14)7-5(9-2)12(15)16/h(H2,6,8)(H,7,9). The van der Waals surface area contributed by atoms with Crippen molar-refractivity contribution in [1.82, 2.24) is 19.6 Å². The summed E-state index contributed by atoms with van der Waals surface area (Å²) < 4.78 is 0.268. The Morgan fingerprint density at radius 3 is 2.75 bits per heavy atom. The molecular weight excluding hydrogens is 222 g/mol. The summed E-state index contributed by atoms with van der Waals surface area (Å²) >= 11 is 0. The van der Waals surface area contributed by atoms with Crippen molar-refractivity contribution in [2.24, 2.45) is 5.29 Å². The number of nitrogen functional groups attached to an aromatic ring is 1. The first-order chi connectivity index (χ1) is 7.54. The van der Waals surface area contributed by atoms with Crippen molar-refractivity contribution in [2.75, 3.05) is 5.73 Å². The number of nitrogens with two attached hydrogens (primary N) is 1. The van der Waals surface area contributed by atoms with Crippen LogP contribution < -0.4 is 11.3 Å². The Hall–Kier alpha value is -2.85. The number of aromatic amines is 1. The van der Waals surface area contributed by atoms with Gasteiger partial charge in [-0.2, -0.15) is 4.98 Å². The summed E-state index contributed by atoms with van der Waals surface area (Å²) in [7, 11) is 0. The van der Waals surface area contributed by atoms with Crippen molar-refractivity contribution in [3.05, 3.63) is 25.4 Å². The van der Waals surface area contributed by atoms with Gasteiger partial charge in [0.1, 0.15) is 0 Å². The number of hydrogen-bond acceptors (Lipinski definition) is 8. The number of hydrogen-bond donors (Lipinski definition) is 2. The largest absolute Gasteiger partial charge is 0.435 e. The number of H-pyrrole nitrogens is 1. The highest BCUT2D eigenvalue weighted by molar-refractivity contribution is 5.72. The fourth-order valence-electron chi connectivity index (χ4n) is 1.11. The topological polar surface area (TPSA) is 162 Å². The lowest BCUT2D eigenvalue weighted by Gasteiger charge is -1.94. The van der Waals surface area contributed by atoms with Crippen molar-refractivity contribution in [2.45, 2.75) is 0 Å². The molecule has 2 aromatic rings. The molecule has 82 valence electrons. The summed E-state index contributed by atoms with van der Waals surface area (Å²) in [5.74, 6) is -1.16. The Morgan fingerprint density at radius 1 is 1.50 bits per heavy atom. The van der Waals surface area contributed by atoms with E-state index in [1.54, 1.807) is 0 Å². The van der Waals surface area contributed by atoms with Crippen LogP contribution in [0.1, 0.15) is 0 Å². The van der Waals surface area contributed by atoms with Gasteiger partial charge in [0.15, 0.2) is 0 Å². The van der Waals surface area contributed by atoms with Gasteiger partial charge >= 0.3 is 11.5 Å². The Morgan fingerprint density at radius 2 is 2.19 bits per heavy atom. The van der Waals surface area contributed by atoms with Crippen LogP contribution in [0.5, 0.6) is 0 Å². The van der Waals surface area contributed by atoms with Crippen LogP contribution in [0.4, 0.5) is 11.9 Å². The maximum absolute atomic E-state index is 11.5. The first-order valence-electron chi connectivity index (χ1n) is 3.81. The average Bonchev–Trinajstić information content (AvgIpc) is 2.62. The van der Waals surface area contributed by atoms with Crippen molar-refractivity contribution >= 4 is 23.1 Å². The molecule has 0 radical (unpaired) electrons. The molecule has 11 nitrogen and oxygen atoms in total. The number of nitrogens with zero attached hydrogens (tertiary/aromatic N) is 5. The van der Waals surface area contributed by atoms with Crippen LogP contribution >= 0.6 is 0 Å². The molecule has 0 aliphatic carbocycles. The van der Waals surface area contributed by atoms with Crippen LogP contribution in [0.3, 0.4) is 0 Å². The number of imidazole rings is 1. The van der Waals surface area contributed by atoms with Gasteiger partial charge in [0.05, 0.1) is 5.29 Å². The summed E-state index contributed by atoms with van der Waals surface area (Å²) in [6.07, 6.45) is 0. The lowest BCUT2D eigenvalue weighted by Crippen LogP contribution is -2.20. The second-order valence-electron chi connectivity index (χ2n) is 2.68. The normalized spacial score (nSPS) is 10.5. The van der Waals surface area contributed by atoms with E-state index in [9.17, 15) is 19.8 Å². The lowest BCUT2D eigenvalue weighted by atomic mass is 10.5. The van der Waals surface area contributed by atoms with E-state index in [0.717, 1.165) is 0 Å². The zero-order valence-electron chi connectivity index (χ0n) is 7.45. The van der Waals surface area contributed by atoms with Gasteiger partial charge in [0.25, 0.3) is 5.65 Å². The molecule has 0 fully saturated rings. The van der Waals surface area contributed by atoms with Crippen molar-refractivity contribution in [3.63, 3.8) is 0 Å². The van der Waals surface area contributed by atoms with E-state index in [0.29, 0.717) is 0 Å². The number of fused-ring (bicyclic) bond motifs is 1. The third kappa shape index (κ3) is 1.18. The maximum Gasteiger partial charge on any atom is 0.435 e. The molecule has 2 rings (SSSR count). The number of anilines is 1. The number of rotatable bonds is 2. The van der Waals surface area contributed by atoms with Gasteiger partial charge in [-0.25, -0.2) is 4.98 Å². The monoisotopic (exact) mass is 225 g/mol. The molecule has 2 aromatic heterocycles. The van der Waals surface area contributed by atoms with Crippen LogP contribution in [0.2, 0.25) is 0 Å². The fraction of sp³-hybridized carbons (Fsp3) is 0. The molecule has 0 spiro atoms. The van der Waals surface area contributed by atoms with Crippen molar-refractivity contribution in [3.8, 4) is 0 Å². The molecule has 16 heavy (non-hydrogen) atoms. The zero-order valence-corrected chi connectivity index (χ0v) is 7.45. The van der Waals surface area contributed by atoms with Crippen molar-refractivity contribution in [1.29, 1.82) is 0 Å². The predicted octanol–water partition coefficient (Wildman–Crippen LogP) is -0.861. The van der Waals surface area contributed by atoms with Crippen LogP contribution in [-0.2, 0) is 0 Å². The summed E-state index contributed by atoms with van der Waals surface area (Å²) in [5.41, 5.74) is 3.72. The highest BCUT2D eigenvalue weighted by Crippen LogP contribution is 2.11. The van der Waals surface area contributed by atoms with Gasteiger partial charge in [-0.05, 0) is 9.91 Å². The molecule has 3 N–H and O–H groups in total. The molecular formula is C5H3N7O4. The van der Waals surface area contributed by atoms with E-state index in [2.05, 4.69) is 20.2 Å². The molecule has 11 heteroatoms. The quantitative estimate of drug-likeness (QED) is 0.381. The molecule has 0 bridgehead atoms. The van der Waals surface area contributed by atoms with Crippen LogP contribution in [0.15, 0.2) is 10.1 Å². The first kappa shape index (κ1) is 9.70. The SMILES string of the molecule is Nc1nc2nc([N+](=O)[O-])[nH]c2c(=O)n1N=O. The van der Waals surface area contributed by atoms with Crippen LogP contribution in [0, 0.1) is 15.0 Å². The van der Waals surface area contributed by atoms with Gasteiger partial charge in [0, 0.05) is 0 Å². The third-order valence-corrected chi connectivity index (χ3v) is 1.77. The molecule has 0 amide bonds. The summed E-state index contributed by atoms with van der Waals surface area (Å²) in [4.78, 5) is 40.3. The van der Waals surface area contributed by atoms with Gasteiger partial charge < -0.3 is 15.8 Å². The van der Waals surface area contributed by atoms with Gasteiger partial charge in [-0.1, -0.05) is 0 Å². The maximum atomic E-state index is 11.5. The fourth-order valence-corrected chi connectivity index (χ4v) is 1.11. The van der Waals surface area contributed by atoms with Gasteiger partial charge in [-0.15, -0.1) is 9.58 Å². The summed E-state index contributed by atoms with van der Waals surface area (Å²) in [5, 5.41) is 12.7. The highest BCUT2D eigenvalue weighted by Gasteiger charge is 2.21. The van der Waals surface area contributed by atoms with E-state index in [4.69, 9.17) is 5.73 Å². The van der Waals surface area contributed by atoms with Gasteiger partial charge in [0.2, 0.25) is 11.5 Å². The number of nitrogens with one attached hydrogen (secondary N) is 1. The first-order valence-corrected chi connectivity index (χ1v) is 3.81. The van der Waals surface area contributed by atoms with E-state index >= 15 is 0 Å². The zero-order chi connectivity index (χ0) is 11.9. The highest BCUT2D eigenvalue weighted by atomic mass is 16.6.